The van der Waals surface area contributed by atoms with Gasteiger partial charge in [0.25, 0.3) is 0 Å². The van der Waals surface area contributed by atoms with E-state index < -0.39 is 5.97 Å². The number of carboxylic acids is 1. The smallest absolute Gasteiger partial charge is 0.410 e. The van der Waals surface area contributed by atoms with Crippen molar-refractivity contribution in [3.63, 3.8) is 0 Å². The first kappa shape index (κ1) is 28.7. The van der Waals surface area contributed by atoms with E-state index >= 15 is 0 Å². The van der Waals surface area contributed by atoms with Crippen LogP contribution in [0.4, 0.5) is 4.79 Å². The summed E-state index contributed by atoms with van der Waals surface area (Å²) in [5.74, 6) is 0.947. The summed E-state index contributed by atoms with van der Waals surface area (Å²) in [4.78, 5) is 29.7. The zero-order chi connectivity index (χ0) is 28.1. The molecule has 2 aliphatic carbocycles. The average molecular weight is 547 g/mol. The van der Waals surface area contributed by atoms with Crippen molar-refractivity contribution in [3.8, 4) is 0 Å². The second kappa shape index (κ2) is 13.2. The van der Waals surface area contributed by atoms with E-state index in [1.54, 1.807) is 0 Å². The lowest BCUT2D eigenvalue weighted by Crippen LogP contribution is -2.48. The minimum Gasteiger partial charge on any atom is -0.481 e. The summed E-state index contributed by atoms with van der Waals surface area (Å²) in [6.07, 6.45) is 6.89. The highest BCUT2D eigenvalue weighted by atomic mass is 16.6. The first-order chi connectivity index (χ1) is 19.4. The molecule has 2 aromatic carbocycles. The van der Waals surface area contributed by atoms with Gasteiger partial charge in [0, 0.05) is 32.2 Å². The van der Waals surface area contributed by atoms with Crippen molar-refractivity contribution >= 4 is 12.1 Å². The van der Waals surface area contributed by atoms with Crippen LogP contribution in [-0.4, -0.2) is 59.2 Å². The van der Waals surface area contributed by atoms with Crippen LogP contribution >= 0.6 is 0 Å². The fourth-order valence-corrected chi connectivity index (χ4v) is 7.21. The van der Waals surface area contributed by atoms with E-state index in [0.29, 0.717) is 30.9 Å². The fraction of sp³-hybridized carbons (Fsp3) is 0.588. The minimum atomic E-state index is -0.598. The number of carbonyl (C=O) groups excluding carboxylic acids is 1. The Kier molecular flexibility index (Phi) is 9.46. The summed E-state index contributed by atoms with van der Waals surface area (Å²) < 4.78 is 5.68. The number of hydrogen-bond acceptors (Lipinski definition) is 4. The third kappa shape index (κ3) is 7.25. The van der Waals surface area contributed by atoms with Crippen molar-refractivity contribution in [2.24, 2.45) is 23.7 Å². The van der Waals surface area contributed by atoms with Crippen LogP contribution in [-0.2, 0) is 16.1 Å². The zero-order valence-corrected chi connectivity index (χ0v) is 24.2. The maximum atomic E-state index is 13.0. The number of nitrogens with zero attached hydrogens (tertiary/aromatic N) is 2. The molecule has 5 rings (SSSR count). The van der Waals surface area contributed by atoms with Crippen molar-refractivity contribution < 1.29 is 19.4 Å². The minimum absolute atomic E-state index is 0.197. The first-order valence-corrected chi connectivity index (χ1v) is 15.4. The molecule has 6 heteroatoms. The molecule has 0 aromatic heterocycles. The van der Waals surface area contributed by atoms with Crippen molar-refractivity contribution in [1.29, 1.82) is 0 Å². The molecule has 6 nitrogen and oxygen atoms in total. The number of benzene rings is 2. The van der Waals surface area contributed by atoms with Gasteiger partial charge in [-0.3, -0.25) is 4.79 Å². The number of amides is 1. The second-order valence-electron chi connectivity index (χ2n) is 12.5. The maximum absolute atomic E-state index is 13.0. The number of rotatable bonds is 11. The zero-order valence-electron chi connectivity index (χ0n) is 24.2. The van der Waals surface area contributed by atoms with E-state index in [1.165, 1.54) is 24.0 Å². The van der Waals surface area contributed by atoms with Gasteiger partial charge in [-0.15, -0.1) is 0 Å². The predicted octanol–water partition coefficient (Wildman–Crippen LogP) is 6.73. The quantitative estimate of drug-likeness (QED) is 0.338. The van der Waals surface area contributed by atoms with Crippen LogP contribution in [0.2, 0.25) is 0 Å². The van der Waals surface area contributed by atoms with Gasteiger partial charge < -0.3 is 19.6 Å². The molecule has 0 bridgehead atoms. The van der Waals surface area contributed by atoms with Crippen molar-refractivity contribution in [1.82, 2.24) is 9.80 Å². The lowest BCUT2D eigenvalue weighted by molar-refractivity contribution is -0.144. The Morgan fingerprint density at radius 1 is 1.00 bits per heavy atom. The molecule has 1 saturated heterocycles. The molecule has 1 heterocycles. The van der Waals surface area contributed by atoms with Crippen molar-refractivity contribution in [2.75, 3.05) is 26.2 Å². The number of carbonyl (C=O) groups is 2. The monoisotopic (exact) mass is 546 g/mol. The molecule has 0 radical (unpaired) electrons. The molecule has 2 aromatic rings. The van der Waals surface area contributed by atoms with Crippen LogP contribution in [0.25, 0.3) is 0 Å². The summed E-state index contributed by atoms with van der Waals surface area (Å²) in [5.41, 5.74) is 3.56. The summed E-state index contributed by atoms with van der Waals surface area (Å²) in [5, 5.41) is 10.1. The summed E-state index contributed by atoms with van der Waals surface area (Å²) in [7, 11) is 0. The van der Waals surface area contributed by atoms with Gasteiger partial charge in [0.05, 0.1) is 5.92 Å². The number of likely N-dealkylation sites (tertiary alicyclic amines) is 1. The van der Waals surface area contributed by atoms with Crippen LogP contribution in [0.5, 0.6) is 0 Å². The second-order valence-corrected chi connectivity index (χ2v) is 12.5. The highest BCUT2D eigenvalue weighted by Crippen LogP contribution is 2.49. The van der Waals surface area contributed by atoms with Crippen molar-refractivity contribution in [3.05, 3.63) is 71.3 Å². The summed E-state index contributed by atoms with van der Waals surface area (Å²) >= 11 is 0. The summed E-state index contributed by atoms with van der Waals surface area (Å²) in [6, 6.07) is 19.0. The standard InChI is InChI=1S/C34H46N2O4/c1-3-36(34(39)40-23-26-11-9-24(2)10-12-26)30-15-17-35(18-16-30)22-29-20-28(32(33(37)38)19-25-13-14-25)21-31(29)27-7-5-4-6-8-27/h4-12,25,28-32H,3,13-23H2,1-2H3,(H,37,38)/t28?,29-,31-,32?/m1/s1. The molecule has 40 heavy (non-hydrogen) atoms. The van der Waals surface area contributed by atoms with Gasteiger partial charge in [-0.25, -0.2) is 4.79 Å². The van der Waals surface area contributed by atoms with E-state index in [1.807, 2.05) is 36.1 Å². The molecule has 2 unspecified atom stereocenters. The molecule has 1 N–H and O–H groups in total. The van der Waals surface area contributed by atoms with Gasteiger partial charge in [0.1, 0.15) is 6.61 Å². The molecule has 1 aliphatic heterocycles. The van der Waals surface area contributed by atoms with Gasteiger partial charge in [-0.1, -0.05) is 73.0 Å². The van der Waals surface area contributed by atoms with Gasteiger partial charge >= 0.3 is 12.1 Å². The molecule has 0 spiro atoms. The van der Waals surface area contributed by atoms with Crippen LogP contribution in [0.3, 0.4) is 0 Å². The average Bonchev–Trinajstić information content (AvgIpc) is 3.70. The van der Waals surface area contributed by atoms with Gasteiger partial charge in [0.15, 0.2) is 0 Å². The highest BCUT2D eigenvalue weighted by molar-refractivity contribution is 5.70. The number of ether oxygens (including phenoxy) is 1. The Morgan fingerprint density at radius 3 is 2.33 bits per heavy atom. The molecular weight excluding hydrogens is 500 g/mol. The molecule has 3 aliphatic rings. The lowest BCUT2D eigenvalue weighted by atomic mass is 9.85. The first-order valence-electron chi connectivity index (χ1n) is 15.4. The summed E-state index contributed by atoms with van der Waals surface area (Å²) in [6.45, 7) is 7.95. The van der Waals surface area contributed by atoms with Crippen LogP contribution < -0.4 is 0 Å². The van der Waals surface area contributed by atoms with Crippen molar-refractivity contribution in [2.45, 2.75) is 77.4 Å². The van der Waals surface area contributed by atoms with E-state index in [2.05, 4.69) is 42.2 Å². The molecule has 4 atom stereocenters. The number of aliphatic carboxylic acids is 1. The largest absolute Gasteiger partial charge is 0.481 e. The van der Waals surface area contributed by atoms with Gasteiger partial charge in [0.2, 0.25) is 0 Å². The van der Waals surface area contributed by atoms with Crippen LogP contribution in [0.15, 0.2) is 54.6 Å². The number of hydrogen-bond donors (Lipinski definition) is 1. The Bertz CT molecular complexity index is 1110. The Hall–Kier alpha value is -2.86. The third-order valence-corrected chi connectivity index (χ3v) is 9.68. The van der Waals surface area contributed by atoms with E-state index in [9.17, 15) is 14.7 Å². The lowest BCUT2D eigenvalue weighted by Gasteiger charge is -2.39. The number of aryl methyl sites for hydroxylation is 1. The molecule has 3 fully saturated rings. The van der Waals surface area contributed by atoms with Crippen LogP contribution in [0, 0.1) is 30.6 Å². The molecule has 1 amide bonds. The molecule has 216 valence electrons. The van der Waals surface area contributed by atoms with E-state index in [-0.39, 0.29) is 24.0 Å². The number of piperidine rings is 1. The maximum Gasteiger partial charge on any atom is 0.410 e. The normalized spacial score (nSPS) is 24.5. The van der Waals surface area contributed by atoms with Crippen LogP contribution in [0.1, 0.15) is 74.5 Å². The SMILES string of the molecule is CCN(C(=O)OCc1ccc(C)cc1)C1CCN(C[C@H]2CC(C(CC3CC3)C(=O)O)C[C@@H]2c2ccccc2)CC1. The number of carboxylic acid groups (broad SMARTS) is 1. The fourth-order valence-electron chi connectivity index (χ4n) is 7.21. The van der Waals surface area contributed by atoms with E-state index in [4.69, 9.17) is 4.74 Å². The predicted molar refractivity (Wildman–Crippen MR) is 157 cm³/mol. The third-order valence-electron chi connectivity index (χ3n) is 9.68. The Morgan fingerprint density at radius 2 is 1.70 bits per heavy atom. The molecular formula is C34H46N2O4. The Balaban J connectivity index is 1.17. The highest BCUT2D eigenvalue weighted by Gasteiger charge is 2.43. The van der Waals surface area contributed by atoms with Gasteiger partial charge in [-0.05, 0) is 80.8 Å². The van der Waals surface area contributed by atoms with Gasteiger partial charge in [-0.2, -0.15) is 0 Å². The topological polar surface area (TPSA) is 70.1 Å². The Labute approximate surface area is 239 Å². The molecule has 2 saturated carbocycles. The van der Waals surface area contributed by atoms with E-state index in [0.717, 1.165) is 57.3 Å².